The molecule has 0 saturated carbocycles. The highest BCUT2D eigenvalue weighted by Crippen LogP contribution is 2.32. The van der Waals surface area contributed by atoms with Gasteiger partial charge in [0.25, 0.3) is 0 Å². The second-order valence-corrected chi connectivity index (χ2v) is 7.07. The first-order valence-electron chi connectivity index (χ1n) is 8.24. The molecule has 5 nitrogen and oxygen atoms in total. The number of benzene rings is 2. The Morgan fingerprint density at radius 1 is 1.27 bits per heavy atom. The van der Waals surface area contributed by atoms with E-state index in [1.54, 1.807) is 30.3 Å². The molecule has 0 heterocycles. The summed E-state index contributed by atoms with van der Waals surface area (Å²) < 4.78 is 5.81. The number of thioether (sulfide) groups is 1. The summed E-state index contributed by atoms with van der Waals surface area (Å²) in [7, 11) is 0. The van der Waals surface area contributed by atoms with E-state index in [4.69, 9.17) is 10.00 Å². The van der Waals surface area contributed by atoms with E-state index in [1.165, 1.54) is 11.8 Å². The molecule has 2 aromatic rings. The number of anilines is 1. The SMILES string of the molecule is CSc1cc(C(Nc2ccc(C#N)cc2)C(=O)O)ccc1OCC(C)C. The van der Waals surface area contributed by atoms with Crippen LogP contribution in [0.1, 0.15) is 31.0 Å². The molecule has 2 rings (SSSR count). The molecule has 6 heteroatoms. The lowest BCUT2D eigenvalue weighted by Gasteiger charge is -2.19. The summed E-state index contributed by atoms with van der Waals surface area (Å²) in [6.07, 6.45) is 1.94. The minimum Gasteiger partial charge on any atom is -0.492 e. The molecule has 0 radical (unpaired) electrons. The number of nitriles is 1. The number of ether oxygens (including phenoxy) is 1. The van der Waals surface area contributed by atoms with Gasteiger partial charge in [-0.05, 0) is 54.1 Å². The van der Waals surface area contributed by atoms with Gasteiger partial charge in [-0.2, -0.15) is 5.26 Å². The van der Waals surface area contributed by atoms with Gasteiger partial charge in [-0.15, -0.1) is 11.8 Å². The summed E-state index contributed by atoms with van der Waals surface area (Å²) >= 11 is 1.52. The van der Waals surface area contributed by atoms with E-state index in [9.17, 15) is 9.90 Å². The lowest BCUT2D eigenvalue weighted by molar-refractivity contribution is -0.138. The Kier molecular flexibility index (Phi) is 6.93. The first kappa shape index (κ1) is 19.7. The third kappa shape index (κ3) is 5.17. The minimum atomic E-state index is -0.975. The molecule has 0 amide bonds. The molecule has 1 unspecified atom stereocenters. The maximum atomic E-state index is 11.8. The highest BCUT2D eigenvalue weighted by atomic mass is 32.2. The molecule has 1 atom stereocenters. The van der Waals surface area contributed by atoms with Crippen LogP contribution in [0.5, 0.6) is 5.75 Å². The first-order chi connectivity index (χ1) is 12.4. The number of carboxylic acid groups (broad SMARTS) is 1. The second kappa shape index (κ2) is 9.16. The lowest BCUT2D eigenvalue weighted by Crippen LogP contribution is -2.20. The summed E-state index contributed by atoms with van der Waals surface area (Å²) in [6.45, 7) is 4.77. The number of nitrogens with one attached hydrogen (secondary N) is 1. The number of rotatable bonds is 8. The molecular formula is C20H22N2O3S. The van der Waals surface area contributed by atoms with Crippen molar-refractivity contribution < 1.29 is 14.6 Å². The Labute approximate surface area is 158 Å². The van der Waals surface area contributed by atoms with E-state index < -0.39 is 12.0 Å². The summed E-state index contributed by atoms with van der Waals surface area (Å²) in [4.78, 5) is 12.7. The van der Waals surface area contributed by atoms with Crippen LogP contribution in [-0.4, -0.2) is 23.9 Å². The normalized spacial score (nSPS) is 11.7. The molecular weight excluding hydrogens is 348 g/mol. The maximum absolute atomic E-state index is 11.8. The zero-order chi connectivity index (χ0) is 19.1. The smallest absolute Gasteiger partial charge is 0.330 e. The summed E-state index contributed by atoms with van der Waals surface area (Å²) in [6, 6.07) is 13.3. The molecule has 0 spiro atoms. The Bertz CT molecular complexity index is 798. The molecule has 0 saturated heterocycles. The van der Waals surface area contributed by atoms with E-state index >= 15 is 0 Å². The lowest BCUT2D eigenvalue weighted by atomic mass is 10.1. The van der Waals surface area contributed by atoms with Gasteiger partial charge in [0, 0.05) is 10.6 Å². The highest BCUT2D eigenvalue weighted by molar-refractivity contribution is 7.98. The second-order valence-electron chi connectivity index (χ2n) is 6.22. The van der Waals surface area contributed by atoms with E-state index in [0.29, 0.717) is 29.3 Å². The van der Waals surface area contributed by atoms with Crippen LogP contribution in [0.15, 0.2) is 47.4 Å². The molecule has 0 fully saturated rings. The predicted molar refractivity (Wildman–Crippen MR) is 104 cm³/mol. The average molecular weight is 370 g/mol. The van der Waals surface area contributed by atoms with Gasteiger partial charge in [0.15, 0.2) is 6.04 Å². The van der Waals surface area contributed by atoms with Crippen molar-refractivity contribution in [1.29, 1.82) is 5.26 Å². The van der Waals surface area contributed by atoms with Gasteiger partial charge in [0.1, 0.15) is 5.75 Å². The molecule has 26 heavy (non-hydrogen) atoms. The van der Waals surface area contributed by atoms with Crippen molar-refractivity contribution in [2.24, 2.45) is 5.92 Å². The minimum absolute atomic E-state index is 0.411. The third-order valence-corrected chi connectivity index (χ3v) is 4.42. The van der Waals surface area contributed by atoms with Crippen molar-refractivity contribution in [2.45, 2.75) is 24.8 Å². The zero-order valence-electron chi connectivity index (χ0n) is 15.0. The van der Waals surface area contributed by atoms with Gasteiger partial charge in [-0.25, -0.2) is 4.79 Å². The quantitative estimate of drug-likeness (QED) is 0.663. The van der Waals surface area contributed by atoms with Crippen LogP contribution in [0.3, 0.4) is 0 Å². The highest BCUT2D eigenvalue weighted by Gasteiger charge is 2.21. The number of aliphatic carboxylic acids is 1. The van der Waals surface area contributed by atoms with Gasteiger partial charge in [-0.3, -0.25) is 0 Å². The molecule has 0 aliphatic rings. The fourth-order valence-corrected chi connectivity index (χ4v) is 2.92. The van der Waals surface area contributed by atoms with Crippen LogP contribution in [0.25, 0.3) is 0 Å². The van der Waals surface area contributed by atoms with Crippen molar-refractivity contribution in [2.75, 3.05) is 18.2 Å². The molecule has 0 bridgehead atoms. The Balaban J connectivity index is 2.25. The number of hydrogen-bond donors (Lipinski definition) is 2. The zero-order valence-corrected chi connectivity index (χ0v) is 15.8. The van der Waals surface area contributed by atoms with Crippen LogP contribution >= 0.6 is 11.8 Å². The molecule has 136 valence electrons. The molecule has 0 aromatic heterocycles. The van der Waals surface area contributed by atoms with Gasteiger partial charge in [0.2, 0.25) is 0 Å². The standard InChI is InChI=1S/C20H22N2O3S/c1-13(2)12-25-17-9-6-15(10-18(17)26-3)19(20(23)24)22-16-7-4-14(11-21)5-8-16/h4-10,13,19,22H,12H2,1-3H3,(H,23,24). The summed E-state index contributed by atoms with van der Waals surface area (Å²) in [5.74, 6) is 0.198. The average Bonchev–Trinajstić information content (AvgIpc) is 2.64. The van der Waals surface area contributed by atoms with E-state index in [-0.39, 0.29) is 0 Å². The molecule has 0 aliphatic heterocycles. The van der Waals surface area contributed by atoms with Gasteiger partial charge in [-0.1, -0.05) is 19.9 Å². The predicted octanol–water partition coefficient (Wildman–Crippen LogP) is 4.55. The van der Waals surface area contributed by atoms with Crippen molar-refractivity contribution in [3.05, 3.63) is 53.6 Å². The van der Waals surface area contributed by atoms with Crippen LogP contribution in [-0.2, 0) is 4.79 Å². The molecule has 2 aromatic carbocycles. The van der Waals surface area contributed by atoms with Crippen molar-refractivity contribution in [1.82, 2.24) is 0 Å². The number of hydrogen-bond acceptors (Lipinski definition) is 5. The van der Waals surface area contributed by atoms with E-state index in [0.717, 1.165) is 10.6 Å². The first-order valence-corrected chi connectivity index (χ1v) is 9.47. The van der Waals surface area contributed by atoms with Crippen molar-refractivity contribution in [3.8, 4) is 11.8 Å². The fraction of sp³-hybridized carbons (Fsp3) is 0.300. The van der Waals surface area contributed by atoms with Gasteiger partial charge >= 0.3 is 5.97 Å². The van der Waals surface area contributed by atoms with E-state index in [2.05, 4.69) is 19.2 Å². The topological polar surface area (TPSA) is 82.4 Å². The molecule has 2 N–H and O–H groups in total. The fourth-order valence-electron chi connectivity index (χ4n) is 2.33. The number of carbonyl (C=O) groups is 1. The number of nitrogens with zero attached hydrogens (tertiary/aromatic N) is 1. The van der Waals surface area contributed by atoms with Crippen LogP contribution in [0, 0.1) is 17.2 Å². The summed E-state index contributed by atoms with van der Waals surface area (Å²) in [5.41, 5.74) is 1.81. The van der Waals surface area contributed by atoms with Crippen LogP contribution < -0.4 is 10.1 Å². The van der Waals surface area contributed by atoms with Crippen LogP contribution in [0.4, 0.5) is 5.69 Å². The number of carboxylic acids is 1. The Morgan fingerprint density at radius 3 is 2.50 bits per heavy atom. The monoisotopic (exact) mass is 370 g/mol. The van der Waals surface area contributed by atoms with E-state index in [1.807, 2.05) is 24.5 Å². The van der Waals surface area contributed by atoms with Crippen molar-refractivity contribution in [3.63, 3.8) is 0 Å². The molecule has 0 aliphatic carbocycles. The largest absolute Gasteiger partial charge is 0.492 e. The van der Waals surface area contributed by atoms with Crippen LogP contribution in [0.2, 0.25) is 0 Å². The third-order valence-electron chi connectivity index (χ3n) is 3.67. The maximum Gasteiger partial charge on any atom is 0.330 e. The Morgan fingerprint density at radius 2 is 1.96 bits per heavy atom. The van der Waals surface area contributed by atoms with Gasteiger partial charge < -0.3 is 15.2 Å². The summed E-state index contributed by atoms with van der Waals surface area (Å²) in [5, 5.41) is 21.5. The Hall–Kier alpha value is -2.65. The van der Waals surface area contributed by atoms with Crippen molar-refractivity contribution >= 4 is 23.4 Å². The van der Waals surface area contributed by atoms with Gasteiger partial charge in [0.05, 0.1) is 18.2 Å².